The molecule has 1 radical (unpaired) electrons. The summed E-state index contributed by atoms with van der Waals surface area (Å²) in [7, 11) is 0. The first-order valence-electron chi connectivity index (χ1n) is 0.154. The van der Waals surface area contributed by atoms with Gasteiger partial charge in [0.2, 0.25) is 0 Å². The number of rotatable bonds is 0. The van der Waals surface area contributed by atoms with Gasteiger partial charge in [-0.25, -0.2) is 0 Å². The molecule has 0 aliphatic rings. The fourth-order valence-corrected chi connectivity index (χ4v) is 0. The third-order valence-electron chi connectivity index (χ3n) is 0. The van der Waals surface area contributed by atoms with E-state index in [4.69, 9.17) is 3.83 Å². The molecule has 0 aliphatic carbocycles. The van der Waals surface area contributed by atoms with Gasteiger partial charge in [-0.3, -0.25) is 0 Å². The Kier molecular flexibility index (Phi) is 293. The molecule has 0 amide bonds. The average Bonchev–Trinajstić information content (AvgIpc) is 1.00. The fourth-order valence-electron chi connectivity index (χ4n) is 0. The predicted molar refractivity (Wildman–Crippen MR) is 1.80 cm³/mol. The zero-order valence-electron chi connectivity index (χ0n) is 4.50. The molecular formula is HCrFeKMnOTiV. The van der Waals surface area contributed by atoms with Gasteiger partial charge in [-0.15, -0.1) is 0 Å². The second-order valence-electron chi connectivity index (χ2n) is 0. The molecule has 0 aromatic heterocycles. The Hall–Kier alpha value is 4.31. The number of hydrogen-bond acceptors (Lipinski definition) is 1. The summed E-state index contributed by atoms with van der Waals surface area (Å²) in [5.41, 5.74) is 0. The largest absolute Gasteiger partial charge is 0 e. The summed E-state index contributed by atoms with van der Waals surface area (Å²) >= 11 is 1.69. The molecule has 0 aromatic carbocycles. The van der Waals surface area contributed by atoms with Gasteiger partial charge in [0.1, 0.15) is 0 Å². The van der Waals surface area contributed by atoms with E-state index in [2.05, 4.69) is 0 Å². The summed E-state index contributed by atoms with van der Waals surface area (Å²) in [4.78, 5) is 0. The Morgan fingerprint density at radius 2 is 1.29 bits per heavy atom. The first-order chi connectivity index (χ1) is 1.00. The monoisotopic (exact) mass is 318 g/mol. The van der Waals surface area contributed by atoms with Crippen LogP contribution < -0.4 is 51.4 Å². The van der Waals surface area contributed by atoms with Gasteiger partial charge in [-0.1, -0.05) is 0 Å². The average molecular weight is 318 g/mol. The van der Waals surface area contributed by atoms with Gasteiger partial charge in [-0.2, -0.15) is 0 Å². The van der Waals surface area contributed by atoms with E-state index in [-0.39, 0.29) is 128 Å². The predicted octanol–water partition coefficient (Wildman–Crippen LogP) is -3.01. The molecule has 0 heterocycles. The Morgan fingerprint density at radius 3 is 1.29 bits per heavy atom. The van der Waals surface area contributed by atoms with Crippen molar-refractivity contribution in [3.8, 4) is 0 Å². The number of hydrogen-bond donors (Lipinski definition) is 0. The molecule has 0 saturated carbocycles. The second kappa shape index (κ2) is 48.1. The zero-order valence-corrected chi connectivity index (χ0v) is 13.1. The van der Waals surface area contributed by atoms with Gasteiger partial charge < -0.3 is 1.43 Å². The van der Waals surface area contributed by atoms with Gasteiger partial charge in [0.25, 0.3) is 0 Å². The molecule has 0 bridgehead atoms. The third kappa shape index (κ3) is 38.3. The molecule has 0 atom stereocenters. The molecule has 7 heteroatoms. The van der Waals surface area contributed by atoms with Gasteiger partial charge in [0.15, 0.2) is 0 Å². The first-order valence-corrected chi connectivity index (χ1v) is 0.636. The van der Waals surface area contributed by atoms with Crippen LogP contribution in [-0.2, 0) is 94.5 Å². The van der Waals surface area contributed by atoms with Crippen LogP contribution in [0.4, 0.5) is 0 Å². The maximum atomic E-state index is 8.06. The van der Waals surface area contributed by atoms with Crippen LogP contribution in [0.15, 0.2) is 0 Å². The normalized spacial score (nSPS) is 0.571. The Morgan fingerprint density at radius 1 is 1.29 bits per heavy atom. The molecule has 0 fully saturated rings. The van der Waals surface area contributed by atoms with Gasteiger partial charge in [-0.05, 0) is 0 Å². The van der Waals surface area contributed by atoms with E-state index in [1.165, 1.54) is 0 Å². The molecule has 0 saturated heterocycles. The van der Waals surface area contributed by atoms with E-state index >= 15 is 0 Å². The SMILES string of the molecule is [Cr].[Fe].[H-].[K+].[O]=[Mn].[Ti].[V]. The molecule has 0 aromatic rings. The second-order valence-corrected chi connectivity index (χ2v) is 0. The summed E-state index contributed by atoms with van der Waals surface area (Å²) in [5, 5.41) is 0. The molecular weight excluding hydrogens is 317 g/mol. The molecule has 0 aliphatic heterocycles. The fraction of sp³-hybridized carbons (Fsp3) is 0. The minimum atomic E-state index is 0. The van der Waals surface area contributed by atoms with Crippen molar-refractivity contribution in [2.24, 2.45) is 0 Å². The first kappa shape index (κ1) is 42.7. The minimum absolute atomic E-state index is 0. The zero-order chi connectivity index (χ0) is 2.00. The summed E-state index contributed by atoms with van der Waals surface area (Å²) in [6.45, 7) is 0. The van der Waals surface area contributed by atoms with Crippen molar-refractivity contribution < 1.29 is 147 Å². The summed E-state index contributed by atoms with van der Waals surface area (Å²) in [6.07, 6.45) is 0. The quantitative estimate of drug-likeness (QED) is 0.435. The summed E-state index contributed by atoms with van der Waals surface area (Å²) in [6, 6.07) is 0. The van der Waals surface area contributed by atoms with Crippen LogP contribution in [0.1, 0.15) is 1.43 Å². The minimum Gasteiger partial charge on any atom is 0 e. The molecule has 0 rings (SSSR count). The smallest absolute Gasteiger partial charge is 0 e. The molecule has 38 valence electrons. The van der Waals surface area contributed by atoms with Crippen LogP contribution in [0.25, 0.3) is 0 Å². The van der Waals surface area contributed by atoms with E-state index in [0.29, 0.717) is 0 Å². The van der Waals surface area contributed by atoms with Crippen LogP contribution in [0.5, 0.6) is 0 Å². The molecule has 0 spiro atoms. The van der Waals surface area contributed by atoms with E-state index in [1.807, 2.05) is 0 Å². The molecule has 7 heavy (non-hydrogen) atoms. The molecule has 0 unspecified atom stereocenters. The van der Waals surface area contributed by atoms with Crippen molar-refractivity contribution in [1.82, 2.24) is 0 Å². The van der Waals surface area contributed by atoms with Crippen molar-refractivity contribution in [1.29, 1.82) is 0 Å². The van der Waals surface area contributed by atoms with E-state index in [1.54, 1.807) is 15.9 Å². The van der Waals surface area contributed by atoms with Crippen LogP contribution in [0.2, 0.25) is 0 Å². The summed E-state index contributed by atoms with van der Waals surface area (Å²) < 4.78 is 8.06. The van der Waals surface area contributed by atoms with Crippen molar-refractivity contribution in [2.45, 2.75) is 0 Å². The maximum Gasteiger partial charge on any atom is 0 e. The Balaban J connectivity index is -0.000000000333. The van der Waals surface area contributed by atoms with E-state index in [0.717, 1.165) is 0 Å². The Bertz CT molecular complexity index is 24.0. The van der Waals surface area contributed by atoms with Gasteiger partial charge in [0, 0.05) is 74.7 Å². The topological polar surface area (TPSA) is 17.1 Å². The molecule has 1 nitrogen and oxygen atoms in total. The van der Waals surface area contributed by atoms with Crippen LogP contribution in [-0.4, -0.2) is 0 Å². The van der Waals surface area contributed by atoms with Crippen molar-refractivity contribution >= 4 is 0 Å². The van der Waals surface area contributed by atoms with Crippen molar-refractivity contribution in [3.63, 3.8) is 0 Å². The van der Waals surface area contributed by atoms with Crippen LogP contribution in [0.3, 0.4) is 0 Å². The Labute approximate surface area is 144 Å². The molecule has 0 N–H and O–H groups in total. The third-order valence-corrected chi connectivity index (χ3v) is 0. The summed E-state index contributed by atoms with van der Waals surface area (Å²) in [5.74, 6) is 0. The van der Waals surface area contributed by atoms with Crippen molar-refractivity contribution in [2.75, 3.05) is 0 Å². The van der Waals surface area contributed by atoms with E-state index < -0.39 is 0 Å². The van der Waals surface area contributed by atoms with Gasteiger partial charge in [0.05, 0.1) is 0 Å². The van der Waals surface area contributed by atoms with Crippen LogP contribution >= 0.6 is 0 Å². The van der Waals surface area contributed by atoms with Crippen molar-refractivity contribution in [3.05, 3.63) is 0 Å². The maximum absolute atomic E-state index is 8.06. The van der Waals surface area contributed by atoms with Crippen LogP contribution in [0, 0.1) is 0 Å². The van der Waals surface area contributed by atoms with Gasteiger partial charge >= 0.3 is 71.2 Å². The van der Waals surface area contributed by atoms with E-state index in [9.17, 15) is 0 Å². The standard InChI is InChI=1S/Cr.Fe.K.Mn.O.Ti.V.H/q;;+1;;;;;-1.